The number of nitrogens with zero attached hydrogens (tertiary/aromatic N) is 3. The summed E-state index contributed by atoms with van der Waals surface area (Å²) in [5, 5.41) is 4.18. The molecule has 0 atom stereocenters. The number of morpholine rings is 1. The van der Waals surface area contributed by atoms with Crippen molar-refractivity contribution in [1.82, 2.24) is 10.1 Å². The second kappa shape index (κ2) is 5.50. The number of hydrazone groups is 1. The summed E-state index contributed by atoms with van der Waals surface area (Å²) < 4.78 is 6.53. The van der Waals surface area contributed by atoms with E-state index in [9.17, 15) is 0 Å². The van der Waals surface area contributed by atoms with Gasteiger partial charge < -0.3 is 9.64 Å². The standard InChI is InChI=1S/C13H15ClN4O/c14-18-15-6-5-13(16-18)11-1-3-12(4-2-11)17-7-9-19-10-8-17/h1-6,15H,7-10H2. The fraction of sp³-hybridized carbons (Fsp3) is 0.308. The number of hydrazine groups is 1. The van der Waals surface area contributed by atoms with Crippen LogP contribution in [0.5, 0.6) is 0 Å². The first kappa shape index (κ1) is 12.3. The van der Waals surface area contributed by atoms with Crippen LogP contribution in [0.3, 0.4) is 0 Å². The smallest absolute Gasteiger partial charge is 0.0954 e. The highest BCUT2D eigenvalue weighted by atomic mass is 35.5. The molecule has 1 aromatic rings. The molecule has 2 heterocycles. The van der Waals surface area contributed by atoms with Crippen LogP contribution in [-0.4, -0.2) is 36.7 Å². The minimum absolute atomic E-state index is 0.796. The Hall–Kier alpha value is -1.72. The lowest BCUT2D eigenvalue weighted by molar-refractivity contribution is 0.122. The van der Waals surface area contributed by atoms with Crippen LogP contribution in [0.15, 0.2) is 41.6 Å². The third kappa shape index (κ3) is 2.83. The van der Waals surface area contributed by atoms with Crippen LogP contribution in [0.25, 0.3) is 0 Å². The summed E-state index contributed by atoms with van der Waals surface area (Å²) in [6, 6.07) is 8.34. The molecule has 100 valence electrons. The number of ether oxygens (including phenoxy) is 1. The van der Waals surface area contributed by atoms with Crippen molar-refractivity contribution in [2.75, 3.05) is 31.2 Å². The Morgan fingerprint density at radius 2 is 1.89 bits per heavy atom. The van der Waals surface area contributed by atoms with Gasteiger partial charge in [0.05, 0.1) is 30.7 Å². The molecule has 1 aromatic carbocycles. The molecule has 0 radical (unpaired) electrons. The Kier molecular flexibility index (Phi) is 3.57. The van der Waals surface area contributed by atoms with E-state index >= 15 is 0 Å². The lowest BCUT2D eigenvalue weighted by atomic mass is 10.1. The van der Waals surface area contributed by atoms with E-state index in [2.05, 4.69) is 39.7 Å². The van der Waals surface area contributed by atoms with Crippen molar-refractivity contribution >= 4 is 23.2 Å². The maximum atomic E-state index is 5.78. The van der Waals surface area contributed by atoms with Gasteiger partial charge in [0.25, 0.3) is 0 Å². The van der Waals surface area contributed by atoms with E-state index in [1.54, 1.807) is 6.20 Å². The van der Waals surface area contributed by atoms with Gasteiger partial charge in [0.1, 0.15) is 0 Å². The maximum Gasteiger partial charge on any atom is 0.0954 e. The molecule has 1 saturated heterocycles. The van der Waals surface area contributed by atoms with E-state index in [1.807, 2.05) is 6.08 Å². The fourth-order valence-electron chi connectivity index (χ4n) is 2.15. The van der Waals surface area contributed by atoms with Gasteiger partial charge in [-0.2, -0.15) is 0 Å². The minimum Gasteiger partial charge on any atom is -0.378 e. The summed E-state index contributed by atoms with van der Waals surface area (Å²) in [5.41, 5.74) is 5.85. The average Bonchev–Trinajstić information content (AvgIpc) is 2.48. The van der Waals surface area contributed by atoms with Crippen LogP contribution >= 0.6 is 11.8 Å². The zero-order chi connectivity index (χ0) is 13.1. The van der Waals surface area contributed by atoms with Crippen LogP contribution in [0.1, 0.15) is 5.56 Å². The third-order valence-corrected chi connectivity index (χ3v) is 3.33. The molecule has 0 amide bonds. The predicted molar refractivity (Wildman–Crippen MR) is 76.0 cm³/mol. The lowest BCUT2D eigenvalue weighted by Crippen LogP contribution is -2.36. The highest BCUT2D eigenvalue weighted by molar-refractivity contribution is 6.15. The van der Waals surface area contributed by atoms with Gasteiger partial charge >= 0.3 is 0 Å². The normalized spacial score (nSPS) is 19.1. The Balaban J connectivity index is 1.77. The minimum atomic E-state index is 0.796. The van der Waals surface area contributed by atoms with Crippen molar-refractivity contribution in [3.05, 3.63) is 42.1 Å². The summed E-state index contributed by atoms with van der Waals surface area (Å²) in [6.45, 7) is 3.48. The molecule has 2 aliphatic heterocycles. The van der Waals surface area contributed by atoms with Gasteiger partial charge in [-0.3, -0.25) is 5.43 Å². The molecule has 6 heteroatoms. The molecule has 1 N–H and O–H groups in total. The predicted octanol–water partition coefficient (Wildman–Crippen LogP) is 1.71. The summed E-state index contributed by atoms with van der Waals surface area (Å²) in [5.74, 6) is 0. The Morgan fingerprint density at radius 3 is 2.58 bits per heavy atom. The zero-order valence-corrected chi connectivity index (χ0v) is 11.2. The first-order chi connectivity index (χ1) is 9.33. The average molecular weight is 279 g/mol. The number of halogens is 1. The fourth-order valence-corrected chi connectivity index (χ4v) is 2.29. The quantitative estimate of drug-likeness (QED) is 0.836. The topological polar surface area (TPSA) is 40.1 Å². The van der Waals surface area contributed by atoms with Crippen LogP contribution in [0, 0.1) is 0 Å². The van der Waals surface area contributed by atoms with Gasteiger partial charge in [-0.15, -0.1) is 9.74 Å². The summed E-state index contributed by atoms with van der Waals surface area (Å²) in [7, 11) is 0. The van der Waals surface area contributed by atoms with E-state index in [4.69, 9.17) is 16.5 Å². The van der Waals surface area contributed by atoms with Gasteiger partial charge in [-0.05, 0) is 18.2 Å². The van der Waals surface area contributed by atoms with Crippen molar-refractivity contribution in [3.8, 4) is 0 Å². The number of hydrogen-bond acceptors (Lipinski definition) is 5. The highest BCUT2D eigenvalue weighted by Gasteiger charge is 2.12. The van der Waals surface area contributed by atoms with E-state index in [-0.39, 0.29) is 0 Å². The molecule has 19 heavy (non-hydrogen) atoms. The van der Waals surface area contributed by atoms with Crippen molar-refractivity contribution < 1.29 is 4.74 Å². The molecule has 5 nitrogen and oxygen atoms in total. The molecule has 0 aliphatic carbocycles. The molecule has 0 bridgehead atoms. The van der Waals surface area contributed by atoms with Gasteiger partial charge in [-0.1, -0.05) is 12.1 Å². The number of allylic oxidation sites excluding steroid dienone is 1. The molecule has 0 spiro atoms. The van der Waals surface area contributed by atoms with Crippen LogP contribution in [0.2, 0.25) is 0 Å². The highest BCUT2D eigenvalue weighted by Crippen LogP contribution is 2.18. The lowest BCUT2D eigenvalue weighted by Gasteiger charge is -2.29. The number of rotatable bonds is 2. The van der Waals surface area contributed by atoms with E-state index in [0.717, 1.165) is 37.6 Å². The van der Waals surface area contributed by atoms with Gasteiger partial charge in [-0.25, -0.2) is 0 Å². The van der Waals surface area contributed by atoms with E-state index in [1.165, 1.54) is 10.3 Å². The first-order valence-corrected chi connectivity index (χ1v) is 6.57. The van der Waals surface area contributed by atoms with E-state index < -0.39 is 0 Å². The number of benzene rings is 1. The Labute approximate surface area is 117 Å². The molecular formula is C13H15ClN4O. The summed E-state index contributed by atoms with van der Waals surface area (Å²) in [4.78, 5) is 2.32. The van der Waals surface area contributed by atoms with Gasteiger partial charge in [0.2, 0.25) is 0 Å². The summed E-state index contributed by atoms with van der Waals surface area (Å²) in [6.07, 6.45) is 3.65. The first-order valence-electron chi connectivity index (χ1n) is 6.23. The van der Waals surface area contributed by atoms with E-state index in [0.29, 0.717) is 0 Å². The van der Waals surface area contributed by atoms with Crippen molar-refractivity contribution in [1.29, 1.82) is 0 Å². The largest absolute Gasteiger partial charge is 0.378 e. The second-order valence-electron chi connectivity index (χ2n) is 4.35. The molecule has 0 aromatic heterocycles. The number of nitrogens with one attached hydrogen (secondary N) is 1. The Morgan fingerprint density at radius 1 is 1.16 bits per heavy atom. The van der Waals surface area contributed by atoms with Crippen molar-refractivity contribution in [2.45, 2.75) is 0 Å². The molecule has 0 saturated carbocycles. The number of hydrogen-bond donors (Lipinski definition) is 1. The van der Waals surface area contributed by atoms with Crippen molar-refractivity contribution in [3.63, 3.8) is 0 Å². The zero-order valence-electron chi connectivity index (χ0n) is 10.4. The summed E-state index contributed by atoms with van der Waals surface area (Å²) >= 11 is 5.78. The maximum absolute atomic E-state index is 5.78. The number of anilines is 1. The molecule has 0 unspecified atom stereocenters. The van der Waals surface area contributed by atoms with Gasteiger partial charge in [0.15, 0.2) is 0 Å². The van der Waals surface area contributed by atoms with Crippen LogP contribution < -0.4 is 10.3 Å². The van der Waals surface area contributed by atoms with Crippen molar-refractivity contribution in [2.24, 2.45) is 5.10 Å². The van der Waals surface area contributed by atoms with Crippen LogP contribution in [-0.2, 0) is 4.74 Å². The molecule has 1 fully saturated rings. The SMILES string of the molecule is ClN1N=C(c2ccc(N3CCOCC3)cc2)C=CN1. The molecule has 3 rings (SSSR count). The molecule has 2 aliphatic rings. The molecular weight excluding hydrogens is 264 g/mol. The van der Waals surface area contributed by atoms with Gasteiger partial charge in [0, 0.05) is 30.5 Å². The monoisotopic (exact) mass is 278 g/mol. The van der Waals surface area contributed by atoms with Crippen LogP contribution in [0.4, 0.5) is 5.69 Å². The second-order valence-corrected chi connectivity index (χ2v) is 4.67. The Bertz CT molecular complexity index is 494. The third-order valence-electron chi connectivity index (χ3n) is 3.16.